The van der Waals surface area contributed by atoms with Crippen molar-refractivity contribution in [3.05, 3.63) is 58.2 Å². The van der Waals surface area contributed by atoms with Gasteiger partial charge in [0.05, 0.1) is 23.2 Å². The molecule has 0 radical (unpaired) electrons. The number of halogens is 1. The lowest BCUT2D eigenvalue weighted by molar-refractivity contribution is -0.387. The first-order chi connectivity index (χ1) is 9.95. The zero-order valence-electron chi connectivity index (χ0n) is 10.7. The number of nitrogens with zero attached hydrogens (tertiary/aromatic N) is 2. The Balaban J connectivity index is 2.04. The Morgan fingerprint density at radius 3 is 2.71 bits per heavy atom. The highest BCUT2D eigenvalue weighted by Gasteiger charge is 2.14. The van der Waals surface area contributed by atoms with Crippen molar-refractivity contribution in [2.45, 2.75) is 6.42 Å². The summed E-state index contributed by atoms with van der Waals surface area (Å²) in [6, 6.07) is 6.36. The summed E-state index contributed by atoms with van der Waals surface area (Å²) in [6.07, 6.45) is 1.41. The summed E-state index contributed by atoms with van der Waals surface area (Å²) < 4.78 is 13.4. The number of nitrogens with one attached hydrogen (secondary N) is 1. The summed E-state index contributed by atoms with van der Waals surface area (Å²) in [5, 5.41) is 12.9. The Bertz CT molecular complexity index is 688. The number of amides is 1. The largest absolute Gasteiger partial charge is 0.397 e. The Morgan fingerprint density at radius 2 is 2.14 bits per heavy atom. The van der Waals surface area contributed by atoms with Crippen LogP contribution in [0.2, 0.25) is 0 Å². The van der Waals surface area contributed by atoms with Crippen molar-refractivity contribution in [1.29, 1.82) is 0 Å². The molecule has 3 N–H and O–H groups in total. The van der Waals surface area contributed by atoms with Gasteiger partial charge in [0.25, 0.3) is 0 Å². The van der Waals surface area contributed by atoms with Crippen molar-refractivity contribution >= 4 is 23.0 Å². The van der Waals surface area contributed by atoms with Crippen LogP contribution in [0.5, 0.6) is 0 Å². The molecule has 0 aliphatic carbocycles. The van der Waals surface area contributed by atoms with Gasteiger partial charge in [-0.05, 0) is 18.2 Å². The number of nitro benzene ring substituents is 1. The minimum absolute atomic E-state index is 0.0150. The van der Waals surface area contributed by atoms with E-state index in [0.29, 0.717) is 11.4 Å². The van der Waals surface area contributed by atoms with E-state index >= 15 is 0 Å². The van der Waals surface area contributed by atoms with E-state index < -0.39 is 22.3 Å². The monoisotopic (exact) mass is 290 g/mol. The van der Waals surface area contributed by atoms with Gasteiger partial charge in [-0.15, -0.1) is 0 Å². The predicted molar refractivity (Wildman–Crippen MR) is 74.0 cm³/mol. The van der Waals surface area contributed by atoms with Crippen LogP contribution in [0.1, 0.15) is 5.69 Å². The number of aromatic nitrogens is 1. The number of carbonyl (C=O) groups excluding carboxylic acids is 1. The van der Waals surface area contributed by atoms with Gasteiger partial charge in [0.1, 0.15) is 0 Å². The van der Waals surface area contributed by atoms with Crippen LogP contribution in [0.3, 0.4) is 0 Å². The number of carbonyl (C=O) groups is 1. The number of nitrogens with two attached hydrogens (primary N) is 1. The highest BCUT2D eigenvalue weighted by atomic mass is 19.1. The minimum Gasteiger partial charge on any atom is -0.397 e. The molecule has 1 aromatic carbocycles. The highest BCUT2D eigenvalue weighted by molar-refractivity contribution is 5.92. The molecule has 7 nitrogen and oxygen atoms in total. The molecule has 0 aliphatic heterocycles. The van der Waals surface area contributed by atoms with E-state index in [9.17, 15) is 19.3 Å². The fourth-order valence-corrected chi connectivity index (χ4v) is 1.64. The third-order valence-corrected chi connectivity index (χ3v) is 2.62. The Labute approximate surface area is 118 Å². The number of benzene rings is 1. The maximum Gasteiger partial charge on any atom is 0.304 e. The molecule has 0 atom stereocenters. The molecule has 2 aromatic rings. The van der Waals surface area contributed by atoms with Crippen molar-refractivity contribution in [1.82, 2.24) is 4.98 Å². The fourth-order valence-electron chi connectivity index (χ4n) is 1.64. The fraction of sp³-hybridized carbons (Fsp3) is 0.0769. The average molecular weight is 290 g/mol. The van der Waals surface area contributed by atoms with Crippen LogP contribution in [0, 0.1) is 15.9 Å². The van der Waals surface area contributed by atoms with Crippen LogP contribution in [0.25, 0.3) is 0 Å². The Kier molecular flexibility index (Phi) is 4.07. The topological polar surface area (TPSA) is 111 Å². The molecule has 8 heteroatoms. The van der Waals surface area contributed by atoms with Gasteiger partial charge in [-0.25, -0.2) is 0 Å². The van der Waals surface area contributed by atoms with Crippen molar-refractivity contribution < 1.29 is 14.1 Å². The number of pyridine rings is 1. The molecule has 0 fully saturated rings. The van der Waals surface area contributed by atoms with E-state index in [1.807, 2.05) is 0 Å². The van der Waals surface area contributed by atoms with E-state index in [4.69, 9.17) is 5.73 Å². The normalized spacial score (nSPS) is 10.1. The second-order valence-electron chi connectivity index (χ2n) is 4.23. The third kappa shape index (κ3) is 3.72. The Hall–Kier alpha value is -3.03. The highest BCUT2D eigenvalue weighted by Crippen LogP contribution is 2.20. The van der Waals surface area contributed by atoms with E-state index in [2.05, 4.69) is 10.3 Å². The number of anilines is 2. The van der Waals surface area contributed by atoms with E-state index in [1.165, 1.54) is 12.3 Å². The summed E-state index contributed by atoms with van der Waals surface area (Å²) in [4.78, 5) is 25.4. The molecule has 0 aliphatic rings. The van der Waals surface area contributed by atoms with Gasteiger partial charge < -0.3 is 11.1 Å². The first-order valence-corrected chi connectivity index (χ1v) is 5.90. The van der Waals surface area contributed by atoms with Crippen molar-refractivity contribution in [3.63, 3.8) is 0 Å². The van der Waals surface area contributed by atoms with Crippen LogP contribution in [-0.2, 0) is 11.2 Å². The van der Waals surface area contributed by atoms with Gasteiger partial charge in [0.2, 0.25) is 11.7 Å². The summed E-state index contributed by atoms with van der Waals surface area (Å²) in [5.41, 5.74) is 5.96. The molecule has 0 spiro atoms. The predicted octanol–water partition coefficient (Wildman–Crippen LogP) is 1.89. The van der Waals surface area contributed by atoms with Crippen molar-refractivity contribution in [2.75, 3.05) is 11.1 Å². The second kappa shape index (κ2) is 5.95. The summed E-state index contributed by atoms with van der Waals surface area (Å²) in [5.74, 6) is -1.43. The quantitative estimate of drug-likeness (QED) is 0.659. The van der Waals surface area contributed by atoms with E-state index in [-0.39, 0.29) is 12.1 Å². The van der Waals surface area contributed by atoms with E-state index in [1.54, 1.807) is 12.1 Å². The lowest BCUT2D eigenvalue weighted by atomic mass is 10.2. The first-order valence-electron chi connectivity index (χ1n) is 5.90. The summed E-state index contributed by atoms with van der Waals surface area (Å²) in [7, 11) is 0. The third-order valence-electron chi connectivity index (χ3n) is 2.62. The van der Waals surface area contributed by atoms with Gasteiger partial charge in [-0.1, -0.05) is 0 Å². The number of hydrogen-bond acceptors (Lipinski definition) is 5. The summed E-state index contributed by atoms with van der Waals surface area (Å²) in [6.45, 7) is 0. The first kappa shape index (κ1) is 14.4. The lowest BCUT2D eigenvalue weighted by Gasteiger charge is -2.05. The summed E-state index contributed by atoms with van der Waals surface area (Å²) >= 11 is 0. The molecule has 108 valence electrons. The molecule has 0 saturated carbocycles. The Morgan fingerprint density at radius 1 is 1.38 bits per heavy atom. The van der Waals surface area contributed by atoms with Gasteiger partial charge in [0, 0.05) is 23.5 Å². The molecule has 1 heterocycles. The number of nitrogen functional groups attached to an aromatic ring is 1. The van der Waals surface area contributed by atoms with Crippen LogP contribution < -0.4 is 11.1 Å². The maximum atomic E-state index is 13.4. The lowest BCUT2D eigenvalue weighted by Crippen LogP contribution is -2.15. The number of hydrogen-bond donors (Lipinski definition) is 2. The van der Waals surface area contributed by atoms with Crippen LogP contribution in [0.4, 0.5) is 21.5 Å². The van der Waals surface area contributed by atoms with Crippen LogP contribution in [0.15, 0.2) is 36.5 Å². The SMILES string of the molecule is Nc1ccc(CC(=O)Nc2ccc([N+](=O)[O-])c(F)c2)nc1. The second-order valence-corrected chi connectivity index (χ2v) is 4.23. The van der Waals surface area contributed by atoms with Gasteiger partial charge in [-0.3, -0.25) is 19.9 Å². The van der Waals surface area contributed by atoms with Gasteiger partial charge in [0.15, 0.2) is 0 Å². The molecule has 21 heavy (non-hydrogen) atoms. The van der Waals surface area contributed by atoms with Crippen molar-refractivity contribution in [2.24, 2.45) is 0 Å². The molecule has 0 bridgehead atoms. The number of nitro groups is 1. The minimum atomic E-state index is -1.01. The standard InChI is InChI=1S/C13H11FN4O3/c14-11-5-10(3-4-12(11)18(20)21)17-13(19)6-9-2-1-8(15)7-16-9/h1-5,7H,6,15H2,(H,17,19). The number of rotatable bonds is 4. The zero-order chi connectivity index (χ0) is 15.4. The molecule has 1 amide bonds. The zero-order valence-corrected chi connectivity index (χ0v) is 10.7. The molecule has 2 rings (SSSR count). The van der Waals surface area contributed by atoms with Crippen molar-refractivity contribution in [3.8, 4) is 0 Å². The molecule has 0 saturated heterocycles. The maximum absolute atomic E-state index is 13.4. The molecular weight excluding hydrogens is 279 g/mol. The molecule has 0 unspecified atom stereocenters. The van der Waals surface area contributed by atoms with Crippen LogP contribution >= 0.6 is 0 Å². The van der Waals surface area contributed by atoms with Gasteiger partial charge in [-0.2, -0.15) is 4.39 Å². The van der Waals surface area contributed by atoms with E-state index in [0.717, 1.165) is 12.1 Å². The van der Waals surface area contributed by atoms with Gasteiger partial charge >= 0.3 is 5.69 Å². The van der Waals surface area contributed by atoms with Crippen LogP contribution in [-0.4, -0.2) is 15.8 Å². The molecule has 1 aromatic heterocycles. The molecular formula is C13H11FN4O3. The smallest absolute Gasteiger partial charge is 0.304 e. The average Bonchev–Trinajstić information content (AvgIpc) is 2.41.